The summed E-state index contributed by atoms with van der Waals surface area (Å²) in [5.74, 6) is 3.72. The highest BCUT2D eigenvalue weighted by atomic mass is 16.5. The van der Waals surface area contributed by atoms with Crippen molar-refractivity contribution >= 4 is 10.9 Å². The van der Waals surface area contributed by atoms with Crippen LogP contribution >= 0.6 is 0 Å². The third-order valence-corrected chi connectivity index (χ3v) is 17.0. The smallest absolute Gasteiger partial charge is 0.0673 e. The molecule has 6 aliphatic rings. The van der Waals surface area contributed by atoms with Gasteiger partial charge in [-0.1, -0.05) is 76.2 Å². The summed E-state index contributed by atoms with van der Waals surface area (Å²) in [5, 5.41) is 1.65. The van der Waals surface area contributed by atoms with E-state index in [1.807, 2.05) is 0 Å². The van der Waals surface area contributed by atoms with Crippen LogP contribution in [-0.4, -0.2) is 15.8 Å². The SMILES string of the molecule is CC(C)C1n2c3c(c4cc5c(c(c42)C1(C)C)C(C)C1C5CC(C)(C)OC1(C)C)CC1CCC2C(C)(C)C(C)(C)CCC2(C)C31C. The van der Waals surface area contributed by atoms with Crippen molar-refractivity contribution < 1.29 is 4.74 Å². The van der Waals surface area contributed by atoms with Gasteiger partial charge in [-0.3, -0.25) is 0 Å². The van der Waals surface area contributed by atoms with Crippen LogP contribution in [0, 0.1) is 39.9 Å². The molecule has 4 aliphatic carbocycles. The average Bonchev–Trinajstić information content (AvgIpc) is 3.53. The third-order valence-electron chi connectivity index (χ3n) is 17.0. The zero-order valence-electron chi connectivity index (χ0n) is 31.7. The number of aromatic nitrogens is 1. The van der Waals surface area contributed by atoms with Crippen LogP contribution in [0.4, 0.5) is 0 Å². The fourth-order valence-electron chi connectivity index (χ4n) is 14.8. The van der Waals surface area contributed by atoms with E-state index in [1.165, 1.54) is 32.1 Å². The minimum atomic E-state index is -0.132. The van der Waals surface area contributed by atoms with Crippen molar-refractivity contribution in [2.45, 2.75) is 182 Å². The maximum Gasteiger partial charge on any atom is 0.0673 e. The summed E-state index contributed by atoms with van der Waals surface area (Å²) in [6.07, 6.45) is 7.92. The molecule has 248 valence electrons. The Morgan fingerprint density at radius 1 is 0.889 bits per heavy atom. The quantitative estimate of drug-likeness (QED) is 0.313. The minimum absolute atomic E-state index is 0.0985. The second-order valence-electron chi connectivity index (χ2n) is 21.1. The number of hydrogen-bond donors (Lipinski definition) is 0. The Kier molecular flexibility index (Phi) is 5.83. The number of hydrogen-bond acceptors (Lipinski definition) is 1. The molecular weight excluding hydrogens is 546 g/mol. The molecule has 8 rings (SSSR count). The summed E-state index contributed by atoms with van der Waals surface area (Å²) < 4.78 is 9.94. The van der Waals surface area contributed by atoms with Crippen molar-refractivity contribution in [1.82, 2.24) is 4.57 Å². The molecule has 0 spiro atoms. The molecule has 2 aromatic rings. The Balaban J connectivity index is 1.43. The molecule has 3 heterocycles. The molecule has 2 nitrogen and oxygen atoms in total. The number of benzene rings is 1. The first-order chi connectivity index (χ1) is 20.5. The van der Waals surface area contributed by atoms with Gasteiger partial charge in [0.05, 0.1) is 16.7 Å². The normalized spacial score (nSPS) is 42.3. The molecule has 0 amide bonds. The zero-order chi connectivity index (χ0) is 32.8. The van der Waals surface area contributed by atoms with Gasteiger partial charge in [0.15, 0.2) is 0 Å². The van der Waals surface area contributed by atoms with Gasteiger partial charge in [0.25, 0.3) is 0 Å². The van der Waals surface area contributed by atoms with Gasteiger partial charge in [-0.2, -0.15) is 0 Å². The van der Waals surface area contributed by atoms with Crippen molar-refractivity contribution in [2.75, 3.05) is 0 Å². The molecule has 8 atom stereocenters. The Morgan fingerprint density at radius 2 is 1.56 bits per heavy atom. The first kappa shape index (κ1) is 31.0. The summed E-state index contributed by atoms with van der Waals surface area (Å²) in [6.45, 7) is 38.3. The van der Waals surface area contributed by atoms with E-state index in [4.69, 9.17) is 4.74 Å². The molecule has 0 radical (unpaired) electrons. The van der Waals surface area contributed by atoms with Gasteiger partial charge >= 0.3 is 0 Å². The van der Waals surface area contributed by atoms with E-state index in [0.717, 1.165) is 18.3 Å². The molecule has 2 aliphatic heterocycles. The van der Waals surface area contributed by atoms with Gasteiger partial charge in [0, 0.05) is 33.9 Å². The molecule has 1 saturated heterocycles. The summed E-state index contributed by atoms with van der Waals surface area (Å²) in [4.78, 5) is 0. The molecule has 0 N–H and O–H groups in total. The summed E-state index contributed by atoms with van der Waals surface area (Å²) >= 11 is 0. The van der Waals surface area contributed by atoms with E-state index in [-0.39, 0.29) is 22.0 Å². The first-order valence-corrected chi connectivity index (χ1v) is 19.0. The Hall–Kier alpha value is -1.28. The van der Waals surface area contributed by atoms with Crippen LogP contribution in [0.1, 0.15) is 182 Å². The molecule has 8 unspecified atom stereocenters. The Labute approximate surface area is 275 Å². The predicted octanol–water partition coefficient (Wildman–Crippen LogP) is 11.6. The van der Waals surface area contributed by atoms with Gasteiger partial charge in [-0.15, -0.1) is 0 Å². The number of fused-ring (bicyclic) bond motifs is 11. The van der Waals surface area contributed by atoms with Crippen LogP contribution in [0.15, 0.2) is 6.07 Å². The van der Waals surface area contributed by atoms with Crippen molar-refractivity contribution in [3.63, 3.8) is 0 Å². The van der Waals surface area contributed by atoms with E-state index in [0.29, 0.717) is 46.0 Å². The fraction of sp³-hybridized carbons (Fsp3) is 0.814. The summed E-state index contributed by atoms with van der Waals surface area (Å²) in [5.41, 5.74) is 11.4. The lowest BCUT2D eigenvalue weighted by Crippen LogP contribution is -2.62. The van der Waals surface area contributed by atoms with E-state index in [9.17, 15) is 0 Å². The molecule has 45 heavy (non-hydrogen) atoms. The van der Waals surface area contributed by atoms with Crippen molar-refractivity contribution in [3.8, 4) is 0 Å². The lowest BCUT2D eigenvalue weighted by Gasteiger charge is -2.67. The zero-order valence-corrected chi connectivity index (χ0v) is 31.7. The van der Waals surface area contributed by atoms with Crippen molar-refractivity contribution in [2.24, 2.45) is 39.9 Å². The summed E-state index contributed by atoms with van der Waals surface area (Å²) in [7, 11) is 0. The monoisotopic (exact) mass is 612 g/mol. The van der Waals surface area contributed by atoms with Gasteiger partial charge in [-0.25, -0.2) is 0 Å². The molecule has 2 saturated carbocycles. The highest BCUT2D eigenvalue weighted by Gasteiger charge is 2.69. The van der Waals surface area contributed by atoms with E-state index < -0.39 is 0 Å². The van der Waals surface area contributed by atoms with E-state index >= 15 is 0 Å². The fourth-order valence-corrected chi connectivity index (χ4v) is 14.8. The second kappa shape index (κ2) is 8.47. The molecular formula is C43H65NO. The van der Waals surface area contributed by atoms with Gasteiger partial charge in [0.2, 0.25) is 0 Å². The summed E-state index contributed by atoms with van der Waals surface area (Å²) in [6, 6.07) is 3.28. The standard InChI is InChI=1S/C43H65NO/c1-23(2)35-39(8,9)33-31-24(3)32-29(22-38(6,7)45-41(32,12)13)26(31)21-27-28-20-25-16-17-30-40(10,11)37(4,5)18-19-42(30,14)43(25,15)36(28)44(35)34(27)33/h21,23-25,29-30,32,35H,16-20,22H2,1-15H3. The van der Waals surface area contributed by atoms with Gasteiger partial charge < -0.3 is 9.30 Å². The van der Waals surface area contributed by atoms with Crippen molar-refractivity contribution in [1.29, 1.82) is 0 Å². The molecule has 2 heteroatoms. The number of rotatable bonds is 1. The van der Waals surface area contributed by atoms with Crippen LogP contribution in [0.25, 0.3) is 10.9 Å². The van der Waals surface area contributed by atoms with Crippen LogP contribution in [0.3, 0.4) is 0 Å². The molecule has 0 bridgehead atoms. The third kappa shape index (κ3) is 3.34. The number of ether oxygens (including phenoxy) is 1. The highest BCUT2D eigenvalue weighted by molar-refractivity contribution is 5.95. The van der Waals surface area contributed by atoms with Crippen LogP contribution in [-0.2, 0) is 22.0 Å². The lowest BCUT2D eigenvalue weighted by molar-refractivity contribution is -0.193. The van der Waals surface area contributed by atoms with Gasteiger partial charge in [-0.05, 0) is 140 Å². The van der Waals surface area contributed by atoms with Crippen molar-refractivity contribution in [3.05, 3.63) is 34.0 Å². The molecule has 3 fully saturated rings. The number of nitrogens with zero attached hydrogens (tertiary/aromatic N) is 1. The van der Waals surface area contributed by atoms with E-state index in [2.05, 4.69) is 114 Å². The Morgan fingerprint density at radius 3 is 2.20 bits per heavy atom. The Bertz CT molecular complexity index is 1630. The topological polar surface area (TPSA) is 14.2 Å². The maximum absolute atomic E-state index is 6.89. The molecule has 1 aromatic heterocycles. The predicted molar refractivity (Wildman–Crippen MR) is 190 cm³/mol. The van der Waals surface area contributed by atoms with Gasteiger partial charge in [0.1, 0.15) is 0 Å². The first-order valence-electron chi connectivity index (χ1n) is 19.0. The van der Waals surface area contributed by atoms with Crippen LogP contribution in [0.5, 0.6) is 0 Å². The molecule has 1 aromatic carbocycles. The average molecular weight is 612 g/mol. The second-order valence-corrected chi connectivity index (χ2v) is 21.1. The van der Waals surface area contributed by atoms with Crippen LogP contribution in [0.2, 0.25) is 0 Å². The van der Waals surface area contributed by atoms with E-state index in [1.54, 1.807) is 38.9 Å². The maximum atomic E-state index is 6.89. The van der Waals surface area contributed by atoms with Crippen LogP contribution < -0.4 is 0 Å². The minimum Gasteiger partial charge on any atom is -0.369 e. The lowest BCUT2D eigenvalue weighted by atomic mass is 9.37. The largest absolute Gasteiger partial charge is 0.369 e. The highest BCUT2D eigenvalue weighted by Crippen LogP contribution is 2.74.